The highest BCUT2D eigenvalue weighted by Gasteiger charge is 2.24. The topological polar surface area (TPSA) is 86.5 Å². The number of nitrogens with one attached hydrogen (secondary N) is 1. The molecule has 0 spiro atoms. The summed E-state index contributed by atoms with van der Waals surface area (Å²) >= 11 is 1.36. The van der Waals surface area contributed by atoms with Gasteiger partial charge >= 0.3 is 0 Å². The van der Waals surface area contributed by atoms with Gasteiger partial charge in [-0.25, -0.2) is 4.98 Å². The summed E-state index contributed by atoms with van der Waals surface area (Å²) in [5.74, 6) is 1.45. The first-order valence-electron chi connectivity index (χ1n) is 7.36. The number of carbonyl (C=O) groups is 1. The number of anilines is 1. The van der Waals surface area contributed by atoms with Gasteiger partial charge in [0.15, 0.2) is 16.6 Å². The Morgan fingerprint density at radius 1 is 1.57 bits per heavy atom. The third-order valence-corrected chi connectivity index (χ3v) is 4.76. The van der Waals surface area contributed by atoms with Crippen molar-refractivity contribution in [2.24, 2.45) is 0 Å². The number of hydrogen-bond donors (Lipinski definition) is 2. The number of aryl methyl sites for hydroxylation is 1. The largest absolute Gasteiger partial charge is 0.493 e. The van der Waals surface area contributed by atoms with Crippen molar-refractivity contribution in [3.63, 3.8) is 0 Å². The number of methoxy groups -OCH3 is 1. The highest BCUT2D eigenvalue weighted by atomic mass is 32.1. The van der Waals surface area contributed by atoms with E-state index in [1.807, 2.05) is 25.1 Å². The average Bonchev–Trinajstić information content (AvgIpc) is 2.83. The van der Waals surface area contributed by atoms with E-state index in [1.54, 1.807) is 7.11 Å². The Labute approximate surface area is 138 Å². The highest BCUT2D eigenvalue weighted by Crippen LogP contribution is 2.34. The van der Waals surface area contributed by atoms with Gasteiger partial charge in [0.1, 0.15) is 6.61 Å². The fraction of sp³-hybridized carbons (Fsp3) is 0.375. The zero-order valence-corrected chi connectivity index (χ0v) is 13.9. The zero-order valence-electron chi connectivity index (χ0n) is 13.1. The lowest BCUT2D eigenvalue weighted by molar-refractivity contribution is -0.121. The van der Waals surface area contributed by atoms with E-state index in [1.165, 1.54) is 11.3 Å². The van der Waals surface area contributed by atoms with Crippen LogP contribution in [-0.2, 0) is 17.6 Å². The van der Waals surface area contributed by atoms with E-state index in [0.717, 1.165) is 34.1 Å². The number of fused-ring (bicyclic) bond motifs is 1. The molecule has 3 rings (SSSR count). The van der Waals surface area contributed by atoms with Gasteiger partial charge in [0.2, 0.25) is 5.91 Å². The number of hydrogen-bond acceptors (Lipinski definition) is 6. The van der Waals surface area contributed by atoms with Gasteiger partial charge in [-0.05, 0) is 19.4 Å². The highest BCUT2D eigenvalue weighted by molar-refractivity contribution is 7.15. The summed E-state index contributed by atoms with van der Waals surface area (Å²) in [7, 11) is 1.62. The molecule has 23 heavy (non-hydrogen) atoms. The molecule has 0 bridgehead atoms. The zero-order chi connectivity index (χ0) is 16.4. The molecule has 1 aliphatic heterocycles. The number of aromatic nitrogens is 1. The van der Waals surface area contributed by atoms with Gasteiger partial charge in [-0.15, -0.1) is 11.3 Å². The van der Waals surface area contributed by atoms with Gasteiger partial charge in [-0.3, -0.25) is 4.79 Å². The average molecular weight is 333 g/mol. The Hall–Kier alpha value is -2.28. The summed E-state index contributed by atoms with van der Waals surface area (Å²) in [5, 5.41) is 3.51. The molecule has 1 aromatic heterocycles. The number of amides is 1. The van der Waals surface area contributed by atoms with E-state index in [-0.39, 0.29) is 11.9 Å². The molecule has 0 unspecified atom stereocenters. The molecule has 0 fully saturated rings. The van der Waals surface area contributed by atoms with Crippen LogP contribution in [0.1, 0.15) is 16.1 Å². The number of rotatable bonds is 4. The molecule has 2 aromatic rings. The molecule has 2 heterocycles. The maximum Gasteiger partial charge on any atom is 0.225 e. The molecule has 0 saturated carbocycles. The summed E-state index contributed by atoms with van der Waals surface area (Å²) < 4.78 is 11.1. The maximum absolute atomic E-state index is 12.2. The van der Waals surface area contributed by atoms with Crippen molar-refractivity contribution in [2.75, 3.05) is 19.5 Å². The Bertz CT molecular complexity index is 729. The number of nitrogens with two attached hydrogens (primary N) is 1. The maximum atomic E-state index is 12.2. The minimum Gasteiger partial charge on any atom is -0.493 e. The molecule has 7 heteroatoms. The minimum atomic E-state index is -0.0484. The Kier molecular flexibility index (Phi) is 4.38. The number of nitrogen functional groups attached to an aromatic ring is 1. The van der Waals surface area contributed by atoms with Crippen LogP contribution in [0.2, 0.25) is 0 Å². The molecule has 1 aliphatic rings. The molecule has 1 atom stereocenters. The van der Waals surface area contributed by atoms with Crippen molar-refractivity contribution < 1.29 is 14.3 Å². The van der Waals surface area contributed by atoms with Crippen molar-refractivity contribution in [1.82, 2.24) is 10.3 Å². The quantitative estimate of drug-likeness (QED) is 0.889. The van der Waals surface area contributed by atoms with Crippen LogP contribution < -0.4 is 20.5 Å². The summed E-state index contributed by atoms with van der Waals surface area (Å²) in [5.41, 5.74) is 7.52. The minimum absolute atomic E-state index is 0.0447. The van der Waals surface area contributed by atoms with Gasteiger partial charge in [0, 0.05) is 10.4 Å². The van der Waals surface area contributed by atoms with Crippen molar-refractivity contribution in [2.45, 2.75) is 25.8 Å². The van der Waals surface area contributed by atoms with Crippen LogP contribution in [0, 0.1) is 6.92 Å². The monoisotopic (exact) mass is 333 g/mol. The summed E-state index contributed by atoms with van der Waals surface area (Å²) in [6.07, 6.45) is 1.02. The lowest BCUT2D eigenvalue weighted by Crippen LogP contribution is -2.43. The number of nitrogens with zero attached hydrogens (tertiary/aromatic N) is 1. The van der Waals surface area contributed by atoms with Crippen molar-refractivity contribution >= 4 is 22.4 Å². The standard InChI is InChI=1S/C16H19N3O3S/c1-9-13(23-16(17)18-9)7-14(20)19-11-6-10-4-3-5-12(21-2)15(10)22-8-11/h3-5,11H,6-8H2,1-2H3,(H2,17,18)(H,19,20)/t11-/m1/s1. The summed E-state index contributed by atoms with van der Waals surface area (Å²) in [6.45, 7) is 2.30. The van der Waals surface area contributed by atoms with Crippen molar-refractivity contribution in [3.05, 3.63) is 34.3 Å². The van der Waals surface area contributed by atoms with Crippen LogP contribution >= 0.6 is 11.3 Å². The normalized spacial score (nSPS) is 16.3. The van der Waals surface area contributed by atoms with Gasteiger partial charge < -0.3 is 20.5 Å². The molecule has 0 radical (unpaired) electrons. The second kappa shape index (κ2) is 6.45. The second-order valence-electron chi connectivity index (χ2n) is 5.47. The predicted octanol–water partition coefficient (Wildman–Crippen LogP) is 1.70. The third-order valence-electron chi connectivity index (χ3n) is 3.77. The third kappa shape index (κ3) is 3.39. The number of benzene rings is 1. The number of carbonyl (C=O) groups excluding carboxylic acids is 1. The summed E-state index contributed by atoms with van der Waals surface area (Å²) in [6, 6.07) is 5.74. The van der Waals surface area contributed by atoms with E-state index in [2.05, 4.69) is 10.3 Å². The SMILES string of the molecule is COc1cccc2c1OC[C@H](NC(=O)Cc1sc(N)nc1C)C2. The molecule has 3 N–H and O–H groups in total. The predicted molar refractivity (Wildman–Crippen MR) is 89.1 cm³/mol. The Morgan fingerprint density at radius 2 is 2.39 bits per heavy atom. The van der Waals surface area contributed by atoms with Gasteiger partial charge in [-0.2, -0.15) is 0 Å². The van der Waals surface area contributed by atoms with E-state index < -0.39 is 0 Å². The smallest absolute Gasteiger partial charge is 0.225 e. The second-order valence-corrected chi connectivity index (χ2v) is 6.58. The molecule has 122 valence electrons. The Balaban J connectivity index is 1.63. The van der Waals surface area contributed by atoms with Gasteiger partial charge in [0.05, 0.1) is 25.3 Å². The molecule has 1 amide bonds. The Morgan fingerprint density at radius 3 is 3.09 bits per heavy atom. The summed E-state index contributed by atoms with van der Waals surface area (Å²) in [4.78, 5) is 17.3. The lowest BCUT2D eigenvalue weighted by Gasteiger charge is -2.27. The van der Waals surface area contributed by atoms with Crippen LogP contribution in [0.5, 0.6) is 11.5 Å². The van der Waals surface area contributed by atoms with Gasteiger partial charge in [0.25, 0.3) is 0 Å². The van der Waals surface area contributed by atoms with E-state index >= 15 is 0 Å². The van der Waals surface area contributed by atoms with Crippen LogP contribution in [0.15, 0.2) is 18.2 Å². The van der Waals surface area contributed by atoms with E-state index in [9.17, 15) is 4.79 Å². The molecule has 0 saturated heterocycles. The van der Waals surface area contributed by atoms with Gasteiger partial charge in [-0.1, -0.05) is 12.1 Å². The molecule has 0 aliphatic carbocycles. The number of ether oxygens (including phenoxy) is 2. The first kappa shape index (κ1) is 15.6. The van der Waals surface area contributed by atoms with Crippen LogP contribution in [0.25, 0.3) is 0 Å². The molecular formula is C16H19N3O3S. The first-order valence-corrected chi connectivity index (χ1v) is 8.18. The van der Waals surface area contributed by atoms with Crippen LogP contribution in [-0.4, -0.2) is 30.6 Å². The first-order chi connectivity index (χ1) is 11.1. The van der Waals surface area contributed by atoms with Crippen LogP contribution in [0.3, 0.4) is 0 Å². The lowest BCUT2D eigenvalue weighted by atomic mass is 10.0. The van der Waals surface area contributed by atoms with Crippen molar-refractivity contribution in [3.8, 4) is 11.5 Å². The fourth-order valence-electron chi connectivity index (χ4n) is 2.69. The number of thiazole rings is 1. The van der Waals surface area contributed by atoms with E-state index in [0.29, 0.717) is 18.2 Å². The van der Waals surface area contributed by atoms with Crippen molar-refractivity contribution in [1.29, 1.82) is 0 Å². The van der Waals surface area contributed by atoms with E-state index in [4.69, 9.17) is 15.2 Å². The number of para-hydroxylation sites is 1. The molecule has 1 aromatic carbocycles. The molecule has 6 nitrogen and oxygen atoms in total. The fourth-order valence-corrected chi connectivity index (χ4v) is 3.52. The molecular weight excluding hydrogens is 314 g/mol. The van der Waals surface area contributed by atoms with Crippen LogP contribution in [0.4, 0.5) is 5.13 Å².